The number of anilines is 12. The standard InChI is InChI=1S/C82H52N4O4/c1-5-27-53(28-6-1)83-67-43-19-15-39-61(67)81(62-40-16-20-44-68(62)83)65-51-75(85(55-31-9-3-10-32-55)71-47-25-37-59-57-35-13-23-49-73(57)87-77(59)71)90-80(65)82(63-41-17-21-45-69(63)84(54-29-7-2-8-30-54)70-46-22-18-42-64(70)82)66-52-76(89-79(66)81)86(56-33-11-4-12-34-56)72-48-26-38-60-58-36-14-24-50-74(58)88-78(60)72/h1-52H. The molecule has 12 aromatic carbocycles. The molecule has 0 fully saturated rings. The van der Waals surface area contributed by atoms with E-state index in [0.29, 0.717) is 11.8 Å². The van der Waals surface area contributed by atoms with Crippen LogP contribution in [0.4, 0.5) is 68.6 Å². The number of hydrogen-bond donors (Lipinski definition) is 0. The predicted octanol–water partition coefficient (Wildman–Crippen LogP) is 22.3. The quantitative estimate of drug-likeness (QED) is 0.149. The molecule has 3 aliphatic rings. The van der Waals surface area contributed by atoms with Gasteiger partial charge in [0.05, 0.1) is 34.1 Å². The molecule has 0 amide bonds. The molecule has 16 aromatic rings. The van der Waals surface area contributed by atoms with Gasteiger partial charge in [-0.2, -0.15) is 0 Å². The topological polar surface area (TPSA) is 65.5 Å². The molecule has 2 aliphatic heterocycles. The molecule has 0 N–H and O–H groups in total. The van der Waals surface area contributed by atoms with Crippen LogP contribution in [0.3, 0.4) is 0 Å². The highest BCUT2D eigenvalue weighted by Gasteiger charge is 2.64. The molecule has 424 valence electrons. The molecular weight excluding hydrogens is 1100 g/mol. The SMILES string of the molecule is c1ccc(N2c3ccccc3C3(c4ccccc42)c2cc(N(c4ccccc4)c4cccc5c4oc4ccccc45)oc2C2(c4ccccc4N(c4ccccc4)c4ccccc42)c2cc(N(c4ccccc4)c4cccc5c4oc4ccccc45)oc23)cc1. The summed E-state index contributed by atoms with van der Waals surface area (Å²) in [4.78, 5) is 9.31. The first-order chi connectivity index (χ1) is 44.7. The van der Waals surface area contributed by atoms with Crippen LogP contribution in [0.5, 0.6) is 0 Å². The lowest BCUT2D eigenvalue weighted by atomic mass is 9.53. The summed E-state index contributed by atoms with van der Waals surface area (Å²) < 4.78 is 30.8. The van der Waals surface area contributed by atoms with Crippen molar-refractivity contribution in [1.29, 1.82) is 0 Å². The number of para-hydroxylation sites is 12. The maximum Gasteiger partial charge on any atom is 0.205 e. The first kappa shape index (κ1) is 50.2. The summed E-state index contributed by atoms with van der Waals surface area (Å²) in [6.45, 7) is 0. The van der Waals surface area contributed by atoms with Crippen LogP contribution in [0.25, 0.3) is 43.9 Å². The van der Waals surface area contributed by atoms with Crippen LogP contribution in [-0.2, 0) is 10.8 Å². The monoisotopic (exact) mass is 1160 g/mol. The Hall–Kier alpha value is -12.0. The van der Waals surface area contributed by atoms with Crippen molar-refractivity contribution in [2.24, 2.45) is 0 Å². The molecule has 6 heterocycles. The van der Waals surface area contributed by atoms with Crippen molar-refractivity contribution in [1.82, 2.24) is 0 Å². The number of nitrogens with zero attached hydrogens (tertiary/aromatic N) is 4. The zero-order chi connectivity index (χ0) is 59.1. The van der Waals surface area contributed by atoms with Crippen LogP contribution in [0.2, 0.25) is 0 Å². The van der Waals surface area contributed by atoms with E-state index in [-0.39, 0.29) is 0 Å². The first-order valence-corrected chi connectivity index (χ1v) is 30.6. The van der Waals surface area contributed by atoms with Gasteiger partial charge in [-0.15, -0.1) is 0 Å². The lowest BCUT2D eigenvalue weighted by molar-refractivity contribution is 0.398. The molecule has 90 heavy (non-hydrogen) atoms. The molecule has 8 heteroatoms. The molecule has 4 aromatic heterocycles. The van der Waals surface area contributed by atoms with Gasteiger partial charge >= 0.3 is 0 Å². The molecule has 19 rings (SSSR count). The normalized spacial score (nSPS) is 13.9. The average molecular weight is 1160 g/mol. The van der Waals surface area contributed by atoms with Gasteiger partial charge in [-0.3, -0.25) is 9.80 Å². The lowest BCUT2D eigenvalue weighted by Gasteiger charge is -2.51. The smallest absolute Gasteiger partial charge is 0.205 e. The molecule has 0 atom stereocenters. The Morgan fingerprint density at radius 1 is 0.256 bits per heavy atom. The van der Waals surface area contributed by atoms with E-state index in [2.05, 4.69) is 311 Å². The Balaban J connectivity index is 1.00. The maximum atomic E-state index is 8.39. The highest BCUT2D eigenvalue weighted by atomic mass is 16.4. The van der Waals surface area contributed by atoms with Crippen molar-refractivity contribution in [3.8, 4) is 0 Å². The van der Waals surface area contributed by atoms with Crippen molar-refractivity contribution in [3.05, 3.63) is 360 Å². The van der Waals surface area contributed by atoms with E-state index < -0.39 is 10.8 Å². The van der Waals surface area contributed by atoms with Crippen LogP contribution < -0.4 is 19.6 Å². The summed E-state index contributed by atoms with van der Waals surface area (Å²) in [5.74, 6) is 2.72. The van der Waals surface area contributed by atoms with Crippen molar-refractivity contribution in [2.45, 2.75) is 10.8 Å². The third-order valence-corrected chi connectivity index (χ3v) is 18.9. The third-order valence-electron chi connectivity index (χ3n) is 18.9. The van der Waals surface area contributed by atoms with Gasteiger partial charge in [0.25, 0.3) is 0 Å². The highest BCUT2D eigenvalue weighted by molar-refractivity contribution is 6.12. The van der Waals surface area contributed by atoms with Crippen LogP contribution in [0, 0.1) is 0 Å². The van der Waals surface area contributed by atoms with E-state index in [1.54, 1.807) is 0 Å². The average Bonchev–Trinajstić information content (AvgIpc) is 1.28. The summed E-state index contributed by atoms with van der Waals surface area (Å²) >= 11 is 0. The van der Waals surface area contributed by atoms with Gasteiger partial charge in [-0.05, 0) is 119 Å². The summed E-state index contributed by atoms with van der Waals surface area (Å²) in [6, 6.07) is 112. The van der Waals surface area contributed by atoms with E-state index in [1.165, 1.54) is 0 Å². The van der Waals surface area contributed by atoms with Gasteiger partial charge in [-0.25, -0.2) is 0 Å². The lowest BCUT2D eigenvalue weighted by Crippen LogP contribution is -2.48. The van der Waals surface area contributed by atoms with Crippen LogP contribution in [-0.4, -0.2) is 0 Å². The van der Waals surface area contributed by atoms with Gasteiger partial charge < -0.3 is 27.5 Å². The fourth-order valence-electron chi connectivity index (χ4n) is 15.3. The number of rotatable bonds is 8. The molecule has 0 saturated carbocycles. The molecule has 0 saturated heterocycles. The van der Waals surface area contributed by atoms with Crippen molar-refractivity contribution in [3.63, 3.8) is 0 Å². The Bertz CT molecular complexity index is 5010. The molecule has 8 nitrogen and oxygen atoms in total. The van der Waals surface area contributed by atoms with Crippen molar-refractivity contribution >= 4 is 113 Å². The fourth-order valence-corrected chi connectivity index (χ4v) is 15.3. The Kier molecular flexibility index (Phi) is 10.7. The van der Waals surface area contributed by atoms with E-state index >= 15 is 0 Å². The highest BCUT2D eigenvalue weighted by Crippen LogP contribution is 2.70. The van der Waals surface area contributed by atoms with Gasteiger partial charge in [0, 0.05) is 67.6 Å². The number of benzene rings is 12. The summed E-state index contributed by atoms with van der Waals surface area (Å²) in [7, 11) is 0. The van der Waals surface area contributed by atoms with E-state index in [9.17, 15) is 0 Å². The number of furan rings is 4. The Morgan fingerprint density at radius 2 is 0.567 bits per heavy atom. The molecule has 2 spiro atoms. The molecular formula is C82H52N4O4. The second-order valence-electron chi connectivity index (χ2n) is 23.4. The van der Waals surface area contributed by atoms with E-state index in [4.69, 9.17) is 17.7 Å². The minimum atomic E-state index is -1.21. The molecule has 0 unspecified atom stereocenters. The predicted molar refractivity (Wildman–Crippen MR) is 362 cm³/mol. The zero-order valence-corrected chi connectivity index (χ0v) is 48.4. The van der Waals surface area contributed by atoms with Crippen LogP contribution in [0.15, 0.2) is 333 Å². The molecule has 0 radical (unpaired) electrons. The van der Waals surface area contributed by atoms with Crippen molar-refractivity contribution in [2.75, 3.05) is 19.6 Å². The largest absolute Gasteiger partial charge is 0.454 e. The fraction of sp³-hybridized carbons (Fsp3) is 0.0244. The summed E-state index contributed by atoms with van der Waals surface area (Å²) in [6.07, 6.45) is 0. The molecule has 0 bridgehead atoms. The first-order valence-electron chi connectivity index (χ1n) is 30.6. The number of hydrogen-bond acceptors (Lipinski definition) is 8. The third kappa shape index (κ3) is 6.84. The maximum absolute atomic E-state index is 8.39. The minimum absolute atomic E-state index is 0.603. The Labute approximate surface area is 518 Å². The van der Waals surface area contributed by atoms with Gasteiger partial charge in [-0.1, -0.05) is 206 Å². The minimum Gasteiger partial charge on any atom is -0.454 e. The van der Waals surface area contributed by atoms with Gasteiger partial charge in [0.2, 0.25) is 11.8 Å². The molecule has 1 aliphatic carbocycles. The van der Waals surface area contributed by atoms with Gasteiger partial charge in [0.15, 0.2) is 11.2 Å². The van der Waals surface area contributed by atoms with E-state index in [1.807, 2.05) is 24.3 Å². The summed E-state index contributed by atoms with van der Waals surface area (Å²) in [5, 5.41) is 4.09. The summed E-state index contributed by atoms with van der Waals surface area (Å²) in [5.41, 5.74) is 16.2. The van der Waals surface area contributed by atoms with Crippen molar-refractivity contribution < 1.29 is 17.7 Å². The zero-order valence-electron chi connectivity index (χ0n) is 48.4. The van der Waals surface area contributed by atoms with Crippen LogP contribution in [0.1, 0.15) is 44.9 Å². The second kappa shape index (κ2) is 19.2. The van der Waals surface area contributed by atoms with Gasteiger partial charge in [0.1, 0.15) is 33.5 Å². The van der Waals surface area contributed by atoms with E-state index in [0.717, 1.165) is 146 Å². The Morgan fingerprint density at radius 3 is 0.944 bits per heavy atom. The van der Waals surface area contributed by atoms with Crippen LogP contribution >= 0.6 is 0 Å². The second-order valence-corrected chi connectivity index (χ2v) is 23.4. The number of fused-ring (bicyclic) bond motifs is 20.